The molecule has 9 heteroatoms. The van der Waals surface area contributed by atoms with Crippen LogP contribution in [0.15, 0.2) is 68.6 Å². The SMILES string of the molecule is Cc1ccc(-c2ccc(/C=N\NC(=O)CNC(=O)COc3ccc(Cl)cc3)o2)c(Br)c1. The average molecular weight is 505 g/mol. The third kappa shape index (κ3) is 6.97. The number of furan rings is 1. The third-order valence-corrected chi connectivity index (χ3v) is 4.94. The molecule has 0 aliphatic rings. The molecule has 0 spiro atoms. The Hall–Kier alpha value is -3.10. The van der Waals surface area contributed by atoms with Crippen LogP contribution >= 0.6 is 27.5 Å². The van der Waals surface area contributed by atoms with Crippen molar-refractivity contribution in [3.05, 3.63) is 75.4 Å². The Morgan fingerprint density at radius 2 is 1.90 bits per heavy atom. The number of nitrogens with one attached hydrogen (secondary N) is 2. The second-order valence-electron chi connectivity index (χ2n) is 6.50. The van der Waals surface area contributed by atoms with Gasteiger partial charge in [-0.15, -0.1) is 0 Å². The number of rotatable bonds is 8. The van der Waals surface area contributed by atoms with Crippen molar-refractivity contribution in [2.45, 2.75) is 6.92 Å². The van der Waals surface area contributed by atoms with E-state index < -0.39 is 11.8 Å². The van der Waals surface area contributed by atoms with Gasteiger partial charge < -0.3 is 14.5 Å². The molecule has 0 radical (unpaired) electrons. The van der Waals surface area contributed by atoms with Crippen molar-refractivity contribution in [1.82, 2.24) is 10.7 Å². The Balaban J connectivity index is 1.41. The molecule has 0 bridgehead atoms. The number of hydrazone groups is 1. The smallest absolute Gasteiger partial charge is 0.259 e. The maximum Gasteiger partial charge on any atom is 0.259 e. The Morgan fingerprint density at radius 3 is 2.65 bits per heavy atom. The molecule has 7 nitrogen and oxygen atoms in total. The number of hydrogen-bond acceptors (Lipinski definition) is 5. The summed E-state index contributed by atoms with van der Waals surface area (Å²) in [5, 5.41) is 6.86. The molecule has 0 fully saturated rings. The van der Waals surface area contributed by atoms with Crippen molar-refractivity contribution >= 4 is 45.6 Å². The van der Waals surface area contributed by atoms with Gasteiger partial charge in [-0.05, 0) is 61.0 Å². The highest BCUT2D eigenvalue weighted by atomic mass is 79.9. The topological polar surface area (TPSA) is 92.9 Å². The molecule has 0 atom stereocenters. The number of benzene rings is 2. The fraction of sp³-hybridized carbons (Fsp3) is 0.136. The predicted octanol–water partition coefficient (Wildman–Crippen LogP) is 4.32. The maximum atomic E-state index is 11.8. The van der Waals surface area contributed by atoms with Gasteiger partial charge >= 0.3 is 0 Å². The molecule has 2 amide bonds. The van der Waals surface area contributed by atoms with E-state index in [1.165, 1.54) is 6.21 Å². The van der Waals surface area contributed by atoms with Crippen molar-refractivity contribution in [1.29, 1.82) is 0 Å². The first kappa shape index (κ1) is 22.6. The minimum absolute atomic E-state index is 0.220. The Kier molecular flexibility index (Phi) is 7.86. The lowest BCUT2D eigenvalue weighted by molar-refractivity contribution is -0.127. The van der Waals surface area contributed by atoms with Gasteiger partial charge in [0, 0.05) is 15.1 Å². The van der Waals surface area contributed by atoms with E-state index in [2.05, 4.69) is 31.8 Å². The molecule has 0 saturated heterocycles. The number of aryl methyl sites for hydroxylation is 1. The van der Waals surface area contributed by atoms with Crippen LogP contribution in [0, 0.1) is 6.92 Å². The summed E-state index contributed by atoms with van der Waals surface area (Å²) in [6.07, 6.45) is 1.38. The van der Waals surface area contributed by atoms with E-state index in [-0.39, 0.29) is 13.2 Å². The molecule has 160 valence electrons. The molecular weight excluding hydrogens is 486 g/mol. The predicted molar refractivity (Wildman–Crippen MR) is 122 cm³/mol. The van der Waals surface area contributed by atoms with E-state index in [1.807, 2.05) is 31.2 Å². The lowest BCUT2D eigenvalue weighted by atomic mass is 10.1. The van der Waals surface area contributed by atoms with Crippen LogP contribution in [-0.4, -0.2) is 31.2 Å². The highest BCUT2D eigenvalue weighted by Gasteiger charge is 2.08. The Morgan fingerprint density at radius 1 is 1.13 bits per heavy atom. The number of hydrogen-bond donors (Lipinski definition) is 2. The molecule has 31 heavy (non-hydrogen) atoms. The highest BCUT2D eigenvalue weighted by molar-refractivity contribution is 9.10. The molecule has 2 aromatic carbocycles. The summed E-state index contributed by atoms with van der Waals surface area (Å²) in [7, 11) is 0. The molecule has 0 unspecified atom stereocenters. The minimum atomic E-state index is -0.482. The fourth-order valence-electron chi connectivity index (χ4n) is 2.50. The summed E-state index contributed by atoms with van der Waals surface area (Å²) in [4.78, 5) is 23.6. The van der Waals surface area contributed by atoms with E-state index in [0.29, 0.717) is 22.3 Å². The van der Waals surface area contributed by atoms with E-state index in [4.69, 9.17) is 20.8 Å². The van der Waals surface area contributed by atoms with E-state index >= 15 is 0 Å². The second-order valence-corrected chi connectivity index (χ2v) is 7.79. The molecule has 1 heterocycles. The summed E-state index contributed by atoms with van der Waals surface area (Å²) in [6.45, 7) is 1.55. The number of ether oxygens (including phenoxy) is 1. The molecule has 0 aliphatic heterocycles. The normalized spacial score (nSPS) is 10.8. The summed E-state index contributed by atoms with van der Waals surface area (Å²) in [5.74, 6) is 0.734. The van der Waals surface area contributed by atoms with E-state index in [9.17, 15) is 9.59 Å². The van der Waals surface area contributed by atoms with Crippen LogP contribution in [-0.2, 0) is 9.59 Å². The van der Waals surface area contributed by atoms with Gasteiger partial charge in [0.2, 0.25) is 0 Å². The summed E-state index contributed by atoms with van der Waals surface area (Å²) >= 11 is 9.30. The average Bonchev–Trinajstić information content (AvgIpc) is 3.20. The van der Waals surface area contributed by atoms with Crippen LogP contribution in [0.1, 0.15) is 11.3 Å². The van der Waals surface area contributed by atoms with E-state index in [1.54, 1.807) is 30.3 Å². The molecule has 0 aliphatic carbocycles. The number of carbonyl (C=O) groups excluding carboxylic acids is 2. The van der Waals surface area contributed by atoms with Gasteiger partial charge in [-0.25, -0.2) is 5.43 Å². The van der Waals surface area contributed by atoms with Crippen molar-refractivity contribution < 1.29 is 18.7 Å². The van der Waals surface area contributed by atoms with Gasteiger partial charge in [-0.2, -0.15) is 5.10 Å². The Bertz CT molecular complexity index is 1100. The number of halogens is 2. The van der Waals surface area contributed by atoms with Gasteiger partial charge in [0.25, 0.3) is 11.8 Å². The zero-order chi connectivity index (χ0) is 22.2. The number of carbonyl (C=O) groups is 2. The largest absolute Gasteiger partial charge is 0.484 e. The van der Waals surface area contributed by atoms with Crippen molar-refractivity contribution in [2.75, 3.05) is 13.2 Å². The summed E-state index contributed by atoms with van der Waals surface area (Å²) in [5.41, 5.74) is 4.37. The maximum absolute atomic E-state index is 11.8. The van der Waals surface area contributed by atoms with Gasteiger partial charge in [0.15, 0.2) is 6.61 Å². The van der Waals surface area contributed by atoms with Crippen LogP contribution in [0.4, 0.5) is 0 Å². The van der Waals surface area contributed by atoms with Crippen LogP contribution in [0.2, 0.25) is 5.02 Å². The monoisotopic (exact) mass is 503 g/mol. The minimum Gasteiger partial charge on any atom is -0.484 e. The van der Waals surface area contributed by atoms with Crippen LogP contribution < -0.4 is 15.5 Å². The summed E-state index contributed by atoms with van der Waals surface area (Å²) < 4.78 is 12.0. The number of nitrogens with zero attached hydrogens (tertiary/aromatic N) is 1. The lowest BCUT2D eigenvalue weighted by Gasteiger charge is -2.06. The van der Waals surface area contributed by atoms with E-state index in [0.717, 1.165) is 15.6 Å². The first-order valence-corrected chi connectivity index (χ1v) is 10.4. The van der Waals surface area contributed by atoms with Gasteiger partial charge in [0.1, 0.15) is 17.3 Å². The van der Waals surface area contributed by atoms with Gasteiger partial charge in [-0.1, -0.05) is 33.6 Å². The fourth-order valence-corrected chi connectivity index (χ4v) is 3.32. The van der Waals surface area contributed by atoms with Crippen molar-refractivity contribution in [2.24, 2.45) is 5.10 Å². The molecule has 3 rings (SSSR count). The Labute approximate surface area is 192 Å². The molecule has 2 N–H and O–H groups in total. The second kappa shape index (κ2) is 10.8. The van der Waals surface area contributed by atoms with Crippen LogP contribution in [0.25, 0.3) is 11.3 Å². The van der Waals surface area contributed by atoms with Crippen LogP contribution in [0.3, 0.4) is 0 Å². The lowest BCUT2D eigenvalue weighted by Crippen LogP contribution is -2.37. The standard InChI is InChI=1S/C22H19BrClN3O4/c1-14-2-8-18(19(23)10-14)20-9-7-17(31-20)11-26-27-21(28)12-25-22(29)13-30-16-5-3-15(24)4-6-16/h2-11H,12-13H2,1H3,(H,25,29)(H,27,28)/b26-11-. The third-order valence-electron chi connectivity index (χ3n) is 4.03. The first-order chi connectivity index (χ1) is 14.9. The molecular formula is C22H19BrClN3O4. The quantitative estimate of drug-likeness (QED) is 0.353. The molecule has 0 saturated carbocycles. The summed E-state index contributed by atoms with van der Waals surface area (Å²) in [6, 6.07) is 16.1. The van der Waals surface area contributed by atoms with Crippen LogP contribution in [0.5, 0.6) is 5.75 Å². The zero-order valence-corrected chi connectivity index (χ0v) is 18.9. The van der Waals surface area contributed by atoms with Gasteiger partial charge in [-0.3, -0.25) is 9.59 Å². The molecule has 3 aromatic rings. The van der Waals surface area contributed by atoms with Gasteiger partial charge in [0.05, 0.1) is 12.8 Å². The first-order valence-electron chi connectivity index (χ1n) is 9.24. The zero-order valence-electron chi connectivity index (χ0n) is 16.5. The molecule has 1 aromatic heterocycles. The highest BCUT2D eigenvalue weighted by Crippen LogP contribution is 2.30. The van der Waals surface area contributed by atoms with Crippen molar-refractivity contribution in [3.63, 3.8) is 0 Å². The number of amides is 2. The van der Waals surface area contributed by atoms with Crippen molar-refractivity contribution in [3.8, 4) is 17.1 Å².